The molecule has 5 heteroatoms. The molecule has 0 aromatic heterocycles. The van der Waals surface area contributed by atoms with Crippen molar-refractivity contribution in [2.75, 3.05) is 5.75 Å². The van der Waals surface area contributed by atoms with Crippen LogP contribution >= 0.6 is 0 Å². The second-order valence-corrected chi connectivity index (χ2v) is 3.58. The number of alkyl halides is 1. The predicted octanol–water partition coefficient (Wildman–Crippen LogP) is 0.885. The normalized spacial score (nSPS) is 15.1. The molecule has 0 aliphatic rings. The van der Waals surface area contributed by atoms with Gasteiger partial charge in [-0.2, -0.15) is 8.42 Å². The monoisotopic (exact) mass is 169 g/mol. The van der Waals surface area contributed by atoms with Gasteiger partial charge in [-0.1, -0.05) is 11.5 Å². The fourth-order valence-corrected chi connectivity index (χ4v) is 1.02. The molecule has 0 amide bonds. The molecule has 0 rings (SSSR count). The summed E-state index contributed by atoms with van der Waals surface area (Å²) in [5, 5.41) is 0. The molecule has 0 N–H and O–H groups in total. The second-order valence-electron chi connectivity index (χ2n) is 2.06. The van der Waals surface area contributed by atoms with E-state index in [1.807, 2.05) is 0 Å². The van der Waals surface area contributed by atoms with Crippen LogP contribution in [0, 0.1) is 0 Å². The van der Waals surface area contributed by atoms with Gasteiger partial charge in [0.1, 0.15) is 6.17 Å². The van der Waals surface area contributed by atoms with Crippen LogP contribution in [-0.2, 0) is 14.7 Å². The van der Waals surface area contributed by atoms with Crippen molar-refractivity contribution in [3.05, 3.63) is 0 Å². The minimum atomic E-state index is -4.22. The third kappa shape index (κ3) is 5.97. The van der Waals surface area contributed by atoms with Gasteiger partial charge >= 0.3 is 0 Å². The van der Waals surface area contributed by atoms with Crippen LogP contribution in [0.25, 0.3) is 0 Å². The average molecular weight is 169 g/mol. The van der Waals surface area contributed by atoms with Crippen LogP contribution in [0.3, 0.4) is 0 Å². The molecule has 1 unspecified atom stereocenters. The van der Waals surface area contributed by atoms with Gasteiger partial charge in [-0.25, -0.2) is 4.39 Å². The highest BCUT2D eigenvalue weighted by molar-refractivity contribution is 7.85. The number of halogens is 1. The molecule has 0 saturated carbocycles. The van der Waals surface area contributed by atoms with Gasteiger partial charge in [-0.05, 0) is 12.8 Å². The summed E-state index contributed by atoms with van der Waals surface area (Å²) in [6.45, 7) is 1.60. The fourth-order valence-electron chi connectivity index (χ4n) is 0.476. The van der Waals surface area contributed by atoms with Crippen LogP contribution in [0.2, 0.25) is 0 Å². The molecule has 0 aromatic rings. The lowest BCUT2D eigenvalue weighted by atomic mass is 10.2. The van der Waals surface area contributed by atoms with E-state index in [-0.39, 0.29) is 12.8 Å². The van der Waals surface area contributed by atoms with E-state index in [4.69, 9.17) is 0 Å². The molecule has 0 aliphatic heterocycles. The molecule has 0 aliphatic carbocycles. The van der Waals surface area contributed by atoms with Crippen molar-refractivity contribution < 1.29 is 17.4 Å². The molecule has 1 radical (unpaired) electrons. The van der Waals surface area contributed by atoms with E-state index in [0.29, 0.717) is 0 Å². The van der Waals surface area contributed by atoms with Gasteiger partial charge < -0.3 is 0 Å². The van der Waals surface area contributed by atoms with E-state index in [0.717, 1.165) is 0 Å². The Hall–Kier alpha value is -0.160. The zero-order chi connectivity index (χ0) is 8.20. The first kappa shape index (κ1) is 9.84. The summed E-state index contributed by atoms with van der Waals surface area (Å²) in [5.74, 6) is -0.595. The first-order chi connectivity index (χ1) is 4.45. The maximum absolute atomic E-state index is 12.3. The van der Waals surface area contributed by atoms with Crippen molar-refractivity contribution in [3.8, 4) is 0 Å². The maximum Gasteiger partial charge on any atom is 0.294 e. The van der Waals surface area contributed by atoms with Gasteiger partial charge in [-0.3, -0.25) is 0 Å². The molecule has 0 spiro atoms. The van der Waals surface area contributed by atoms with E-state index in [9.17, 15) is 17.4 Å². The van der Waals surface area contributed by atoms with E-state index in [2.05, 4.69) is 0 Å². The highest BCUT2D eigenvalue weighted by atomic mass is 32.2. The summed E-state index contributed by atoms with van der Waals surface area (Å²) >= 11 is 0. The quantitative estimate of drug-likeness (QED) is 0.627. The van der Waals surface area contributed by atoms with Crippen LogP contribution in [0.4, 0.5) is 4.39 Å². The molecule has 0 heterocycles. The Morgan fingerprint density at radius 2 is 2.00 bits per heavy atom. The molecule has 3 nitrogen and oxygen atoms in total. The summed E-state index contributed by atoms with van der Waals surface area (Å²) in [4.78, 5) is 0. The summed E-state index contributed by atoms with van der Waals surface area (Å²) in [6, 6.07) is 0. The maximum atomic E-state index is 12.3. The zero-order valence-corrected chi connectivity index (χ0v) is 6.53. The van der Waals surface area contributed by atoms with Crippen LogP contribution in [0.1, 0.15) is 19.8 Å². The first-order valence-electron chi connectivity index (χ1n) is 3.03. The molecule has 0 fully saturated rings. The molecular formula is C5H10FO3S. The molecular weight excluding hydrogens is 159 g/mol. The predicted molar refractivity (Wildman–Crippen MR) is 34.3 cm³/mol. The zero-order valence-electron chi connectivity index (χ0n) is 5.71. The summed E-state index contributed by atoms with van der Waals surface area (Å²) in [7, 11) is -4.22. The van der Waals surface area contributed by atoms with Gasteiger partial charge in [0.15, 0.2) is 0 Å². The van der Waals surface area contributed by atoms with Gasteiger partial charge in [0.05, 0.1) is 5.75 Å². The SMILES string of the molecule is CCC(F)CCS([O])(=O)=O. The Labute approximate surface area is 60.0 Å². The molecule has 1 atom stereocenters. The van der Waals surface area contributed by atoms with E-state index in [1.54, 1.807) is 6.92 Å². The van der Waals surface area contributed by atoms with Crippen molar-refractivity contribution >= 4 is 10.1 Å². The third-order valence-electron chi connectivity index (χ3n) is 1.12. The second kappa shape index (κ2) is 3.88. The summed E-state index contributed by atoms with van der Waals surface area (Å²) < 4.78 is 42.0. The van der Waals surface area contributed by atoms with E-state index < -0.39 is 22.0 Å². The van der Waals surface area contributed by atoms with Gasteiger partial charge in [0.25, 0.3) is 10.1 Å². The van der Waals surface area contributed by atoms with Crippen LogP contribution < -0.4 is 0 Å². The Morgan fingerprint density at radius 1 is 1.50 bits per heavy atom. The molecule has 10 heavy (non-hydrogen) atoms. The number of hydrogen-bond acceptors (Lipinski definition) is 2. The Balaban J connectivity index is 3.56. The van der Waals surface area contributed by atoms with E-state index >= 15 is 0 Å². The smallest absolute Gasteiger partial charge is 0.247 e. The van der Waals surface area contributed by atoms with Gasteiger partial charge in [0, 0.05) is 0 Å². The summed E-state index contributed by atoms with van der Waals surface area (Å²) in [5.41, 5.74) is 0. The molecule has 0 bridgehead atoms. The van der Waals surface area contributed by atoms with Crippen molar-refractivity contribution in [1.82, 2.24) is 0 Å². The van der Waals surface area contributed by atoms with Crippen molar-refractivity contribution in [3.63, 3.8) is 0 Å². The lowest BCUT2D eigenvalue weighted by Crippen LogP contribution is -2.08. The van der Waals surface area contributed by atoms with Gasteiger partial charge in [0.2, 0.25) is 0 Å². The lowest BCUT2D eigenvalue weighted by molar-refractivity contribution is 0.311. The van der Waals surface area contributed by atoms with E-state index in [1.165, 1.54) is 0 Å². The largest absolute Gasteiger partial charge is 0.294 e. The van der Waals surface area contributed by atoms with Crippen molar-refractivity contribution in [2.45, 2.75) is 25.9 Å². The van der Waals surface area contributed by atoms with Crippen molar-refractivity contribution in [1.29, 1.82) is 0 Å². The molecule has 61 valence electrons. The third-order valence-corrected chi connectivity index (χ3v) is 1.86. The molecule has 0 aromatic carbocycles. The van der Waals surface area contributed by atoms with Crippen molar-refractivity contribution in [2.24, 2.45) is 0 Å². The summed E-state index contributed by atoms with van der Waals surface area (Å²) in [6.07, 6.45) is -1.08. The van der Waals surface area contributed by atoms with Crippen LogP contribution in [-0.4, -0.2) is 20.3 Å². The minimum absolute atomic E-state index is 0.178. The molecule has 0 saturated heterocycles. The van der Waals surface area contributed by atoms with Crippen LogP contribution in [0.5, 0.6) is 0 Å². The number of hydrogen-bond donors (Lipinski definition) is 0. The van der Waals surface area contributed by atoms with Gasteiger partial charge in [-0.15, -0.1) is 0 Å². The fraction of sp³-hybridized carbons (Fsp3) is 1.00. The minimum Gasteiger partial charge on any atom is -0.247 e. The number of rotatable bonds is 4. The lowest BCUT2D eigenvalue weighted by Gasteiger charge is -2.00. The Morgan fingerprint density at radius 3 is 2.30 bits per heavy atom. The standard InChI is InChI=1S/C5H10FO3S/c1-2-5(6)3-4-10(7,8)9/h5H,2-4H2,1H3. The topological polar surface area (TPSA) is 54.0 Å². The average Bonchev–Trinajstić information content (AvgIpc) is 1.81. The Bertz CT molecular complexity index is 175. The Kier molecular flexibility index (Phi) is 3.81. The highest BCUT2D eigenvalue weighted by Crippen LogP contribution is 2.03. The first-order valence-corrected chi connectivity index (χ1v) is 4.61. The highest BCUT2D eigenvalue weighted by Gasteiger charge is 2.11. The van der Waals surface area contributed by atoms with Crippen LogP contribution in [0.15, 0.2) is 0 Å².